The van der Waals surface area contributed by atoms with Gasteiger partial charge in [-0.1, -0.05) is 34.6 Å². The highest BCUT2D eigenvalue weighted by atomic mass is 16.6. The summed E-state index contributed by atoms with van der Waals surface area (Å²) in [5.74, 6) is 1.31. The molecule has 0 aromatic carbocycles. The van der Waals surface area contributed by atoms with E-state index in [9.17, 15) is 19.5 Å². The van der Waals surface area contributed by atoms with E-state index in [0.717, 1.165) is 44.1 Å². The van der Waals surface area contributed by atoms with Crippen LogP contribution in [0.15, 0.2) is 11.3 Å². The van der Waals surface area contributed by atoms with Crippen LogP contribution in [0.4, 0.5) is 0 Å². The molecule has 0 aromatic rings. The summed E-state index contributed by atoms with van der Waals surface area (Å²) >= 11 is 0. The van der Waals surface area contributed by atoms with Gasteiger partial charge in [-0.05, 0) is 93.0 Å². The minimum Gasteiger partial charge on any atom is -0.483 e. The van der Waals surface area contributed by atoms with Gasteiger partial charge < -0.3 is 14.6 Å². The average Bonchev–Trinajstić information content (AvgIpc) is 3.44. The Morgan fingerprint density at radius 2 is 1.68 bits per heavy atom. The normalized spacial score (nSPS) is 47.6. The Morgan fingerprint density at radius 3 is 2.32 bits per heavy atom. The van der Waals surface area contributed by atoms with Crippen molar-refractivity contribution < 1.29 is 29.0 Å². The summed E-state index contributed by atoms with van der Waals surface area (Å²) in [5, 5.41) is 10.9. The molecule has 6 rings (SSSR count). The van der Waals surface area contributed by atoms with E-state index in [1.54, 1.807) is 13.8 Å². The number of allylic oxidation sites excluding steroid dienone is 2. The third-order valence-corrected chi connectivity index (χ3v) is 13.1. The van der Waals surface area contributed by atoms with Gasteiger partial charge in [0.2, 0.25) is 5.78 Å². The van der Waals surface area contributed by atoms with Gasteiger partial charge in [0.1, 0.15) is 11.9 Å². The second-order valence-electron chi connectivity index (χ2n) is 15.4. The van der Waals surface area contributed by atoms with Crippen molar-refractivity contribution in [1.29, 1.82) is 0 Å². The quantitative estimate of drug-likeness (QED) is 0.485. The highest BCUT2D eigenvalue weighted by Crippen LogP contribution is 2.88. The average molecular weight is 527 g/mol. The van der Waals surface area contributed by atoms with Crippen LogP contribution in [0.5, 0.6) is 0 Å². The summed E-state index contributed by atoms with van der Waals surface area (Å²) in [4.78, 5) is 39.5. The minimum atomic E-state index is -1.30. The van der Waals surface area contributed by atoms with Gasteiger partial charge in [-0.2, -0.15) is 0 Å². The van der Waals surface area contributed by atoms with Gasteiger partial charge in [0.05, 0.1) is 5.60 Å². The molecule has 4 saturated carbocycles. The molecular weight excluding hydrogens is 480 g/mol. The van der Waals surface area contributed by atoms with E-state index in [1.165, 1.54) is 6.92 Å². The topological polar surface area (TPSA) is 89.9 Å². The van der Waals surface area contributed by atoms with E-state index in [2.05, 4.69) is 34.6 Å². The maximum absolute atomic E-state index is 14.6. The largest absolute Gasteiger partial charge is 0.483 e. The van der Waals surface area contributed by atoms with Gasteiger partial charge in [-0.25, -0.2) is 0 Å². The van der Waals surface area contributed by atoms with Crippen molar-refractivity contribution >= 4 is 17.5 Å². The van der Waals surface area contributed by atoms with Crippen LogP contribution in [-0.4, -0.2) is 40.5 Å². The molecule has 6 aliphatic rings. The molecular formula is C32H46O6. The number of ketones is 2. The van der Waals surface area contributed by atoms with E-state index in [4.69, 9.17) is 9.47 Å². The lowest BCUT2D eigenvalue weighted by atomic mass is 9.41. The zero-order chi connectivity index (χ0) is 27.8. The first-order chi connectivity index (χ1) is 17.5. The summed E-state index contributed by atoms with van der Waals surface area (Å²) in [7, 11) is 0. The molecule has 0 radical (unpaired) electrons. The SMILES string of the molecule is CC(=O)O[C@@H]([C@H]1C[C@@H](C)C2=C(O1)C(=O)[C@@]1(C)[C@@H]3CC[C@H]4C(C)(C)C(=O)CC[C@@]45C[C@@]35CC[C@]21C)C(C)(C)O. The molecule has 1 N–H and O–H groups in total. The Hall–Kier alpha value is -1.69. The van der Waals surface area contributed by atoms with Gasteiger partial charge in [-0.15, -0.1) is 0 Å². The standard InChI is InChI=1S/C32H46O6/c1-17-15-19(26(28(5,6)36)37-18(2)33)38-24-23(17)29(7)13-14-32-16-31(32)12-11-22(34)27(3,4)20(31)9-10-21(32)30(29,8)25(24)35/h17,19-21,26,36H,9-16H2,1-8H3/t17-,19-,20+,21+,26+,29-,30-,31-,32+/m1/s1. The number of hydrogen-bond acceptors (Lipinski definition) is 6. The number of ether oxygens (including phenoxy) is 2. The molecule has 0 bridgehead atoms. The first-order valence-corrected chi connectivity index (χ1v) is 14.9. The summed E-state index contributed by atoms with van der Waals surface area (Å²) < 4.78 is 12.1. The molecule has 2 spiro atoms. The maximum atomic E-state index is 14.6. The van der Waals surface area contributed by atoms with E-state index in [0.29, 0.717) is 30.3 Å². The van der Waals surface area contributed by atoms with E-state index in [1.807, 2.05) is 0 Å². The molecule has 6 nitrogen and oxygen atoms in total. The molecule has 0 saturated heterocycles. The van der Waals surface area contributed by atoms with Gasteiger partial charge in [0.25, 0.3) is 0 Å². The monoisotopic (exact) mass is 526 g/mol. The van der Waals surface area contributed by atoms with Crippen LogP contribution in [0, 0.1) is 44.8 Å². The number of aliphatic hydroxyl groups is 1. The lowest BCUT2D eigenvalue weighted by molar-refractivity contribution is -0.178. The van der Waals surface area contributed by atoms with Crippen LogP contribution >= 0.6 is 0 Å². The third-order valence-electron chi connectivity index (χ3n) is 13.1. The van der Waals surface area contributed by atoms with Crippen molar-refractivity contribution in [3.05, 3.63) is 11.3 Å². The van der Waals surface area contributed by atoms with E-state index >= 15 is 0 Å². The maximum Gasteiger partial charge on any atom is 0.303 e. The fourth-order valence-electron chi connectivity index (χ4n) is 11.3. The summed E-state index contributed by atoms with van der Waals surface area (Å²) in [6.45, 7) is 15.6. The smallest absolute Gasteiger partial charge is 0.303 e. The Balaban J connectivity index is 1.37. The van der Waals surface area contributed by atoms with Gasteiger partial charge >= 0.3 is 5.97 Å². The zero-order valence-corrected chi connectivity index (χ0v) is 24.5. The zero-order valence-electron chi connectivity index (χ0n) is 24.5. The molecule has 9 atom stereocenters. The second-order valence-corrected chi connectivity index (χ2v) is 15.4. The lowest BCUT2D eigenvalue weighted by Gasteiger charge is -2.61. The number of fused-ring (bicyclic) bond motifs is 3. The van der Waals surface area contributed by atoms with Crippen molar-refractivity contribution in [2.24, 2.45) is 44.8 Å². The van der Waals surface area contributed by atoms with Crippen molar-refractivity contribution in [3.63, 3.8) is 0 Å². The minimum absolute atomic E-state index is 0.0877. The predicted octanol–water partition coefficient (Wildman–Crippen LogP) is 5.55. The molecule has 0 aromatic heterocycles. The highest BCUT2D eigenvalue weighted by molar-refractivity contribution is 6.04. The number of hydrogen-bond donors (Lipinski definition) is 1. The first-order valence-electron chi connectivity index (χ1n) is 14.9. The number of carbonyl (C=O) groups is 3. The summed E-state index contributed by atoms with van der Waals surface area (Å²) in [5.41, 5.74) is -0.930. The number of carbonyl (C=O) groups excluding carboxylic acids is 3. The number of esters is 1. The Morgan fingerprint density at radius 1 is 1.05 bits per heavy atom. The van der Waals surface area contributed by atoms with Crippen LogP contribution in [0.1, 0.15) is 107 Å². The number of rotatable bonds is 3. The Kier molecular flexibility index (Phi) is 5.25. The fraction of sp³-hybridized carbons (Fsp3) is 0.844. The van der Waals surface area contributed by atoms with Crippen molar-refractivity contribution in [3.8, 4) is 0 Å². The van der Waals surface area contributed by atoms with Crippen LogP contribution in [-0.2, 0) is 23.9 Å². The molecule has 4 fully saturated rings. The van der Waals surface area contributed by atoms with Gasteiger partial charge in [0, 0.05) is 29.6 Å². The molecule has 1 heterocycles. The van der Waals surface area contributed by atoms with Gasteiger partial charge in [-0.3, -0.25) is 14.4 Å². The molecule has 6 heteroatoms. The summed E-state index contributed by atoms with van der Waals surface area (Å²) in [6, 6.07) is 0. The van der Waals surface area contributed by atoms with Crippen LogP contribution in [0.25, 0.3) is 0 Å². The fourth-order valence-corrected chi connectivity index (χ4v) is 11.3. The highest BCUT2D eigenvalue weighted by Gasteiger charge is 2.84. The van der Waals surface area contributed by atoms with Gasteiger partial charge in [0.15, 0.2) is 11.9 Å². The second kappa shape index (κ2) is 7.53. The molecule has 38 heavy (non-hydrogen) atoms. The molecule has 0 unspecified atom stereocenters. The predicted molar refractivity (Wildman–Crippen MR) is 142 cm³/mol. The van der Waals surface area contributed by atoms with Crippen LogP contribution in [0.3, 0.4) is 0 Å². The van der Waals surface area contributed by atoms with Crippen LogP contribution in [0.2, 0.25) is 0 Å². The van der Waals surface area contributed by atoms with Crippen molar-refractivity contribution in [1.82, 2.24) is 0 Å². The van der Waals surface area contributed by atoms with E-state index < -0.39 is 29.2 Å². The third kappa shape index (κ3) is 2.91. The van der Waals surface area contributed by atoms with Crippen molar-refractivity contribution in [2.45, 2.75) is 125 Å². The van der Waals surface area contributed by atoms with Crippen molar-refractivity contribution in [2.75, 3.05) is 0 Å². The lowest BCUT2D eigenvalue weighted by Crippen LogP contribution is -2.58. The molecule has 0 amide bonds. The molecule has 5 aliphatic carbocycles. The Bertz CT molecular complexity index is 1160. The first kappa shape index (κ1) is 26.5. The Labute approximate surface area is 227 Å². The molecule has 210 valence electrons. The van der Waals surface area contributed by atoms with E-state index in [-0.39, 0.29) is 39.3 Å². The number of Topliss-reactive ketones (excluding diaryl/α,β-unsaturated/α-hetero) is 2. The van der Waals surface area contributed by atoms with Crippen LogP contribution < -0.4 is 0 Å². The molecule has 1 aliphatic heterocycles. The summed E-state index contributed by atoms with van der Waals surface area (Å²) in [6.07, 6.45) is 6.05.